The molecule has 0 heterocycles. The highest BCUT2D eigenvalue weighted by Crippen LogP contribution is 2.10. The zero-order valence-corrected chi connectivity index (χ0v) is 8.16. The summed E-state index contributed by atoms with van der Waals surface area (Å²) in [5.74, 6) is 0. The molecular weight excluding hydrogens is 160 g/mol. The van der Waals surface area contributed by atoms with Gasteiger partial charge in [-0.2, -0.15) is 0 Å². The smallest absolute Gasteiger partial charge is 0.0291 e. The third-order valence-electron chi connectivity index (χ3n) is 2.13. The molecule has 1 aromatic rings. The van der Waals surface area contributed by atoms with E-state index < -0.39 is 0 Å². The van der Waals surface area contributed by atoms with Crippen molar-refractivity contribution in [2.45, 2.75) is 19.4 Å². The van der Waals surface area contributed by atoms with E-state index in [-0.39, 0.29) is 0 Å². The minimum Gasteiger partial charge on any atom is -0.330 e. The summed E-state index contributed by atoms with van der Waals surface area (Å²) in [6.45, 7) is 3.92. The molecule has 0 saturated carbocycles. The van der Waals surface area contributed by atoms with Gasteiger partial charge >= 0.3 is 0 Å². The summed E-state index contributed by atoms with van der Waals surface area (Å²) >= 11 is 0. The summed E-state index contributed by atoms with van der Waals surface area (Å²) in [4.78, 5) is 0. The van der Waals surface area contributed by atoms with Gasteiger partial charge < -0.3 is 11.1 Å². The molecule has 0 fully saturated rings. The van der Waals surface area contributed by atoms with Gasteiger partial charge in [0.15, 0.2) is 0 Å². The van der Waals surface area contributed by atoms with Gasteiger partial charge in [0.1, 0.15) is 0 Å². The predicted molar refractivity (Wildman–Crippen MR) is 56.5 cm³/mol. The second-order valence-corrected chi connectivity index (χ2v) is 3.23. The molecule has 0 aliphatic carbocycles. The van der Waals surface area contributed by atoms with Crippen molar-refractivity contribution < 1.29 is 0 Å². The largest absolute Gasteiger partial charge is 0.330 e. The van der Waals surface area contributed by atoms with Crippen molar-refractivity contribution in [2.24, 2.45) is 5.73 Å². The lowest BCUT2D eigenvalue weighted by atomic mass is 10.1. The molecule has 3 N–H and O–H groups in total. The molecule has 0 bridgehead atoms. The number of hydrogen-bond acceptors (Lipinski definition) is 2. The maximum atomic E-state index is 5.41. The van der Waals surface area contributed by atoms with Crippen LogP contribution in [0, 0.1) is 0 Å². The molecule has 1 rings (SSSR count). The van der Waals surface area contributed by atoms with Crippen molar-refractivity contribution in [3.05, 3.63) is 35.9 Å². The summed E-state index contributed by atoms with van der Waals surface area (Å²) in [6, 6.07) is 10.9. The van der Waals surface area contributed by atoms with E-state index in [0.717, 1.165) is 19.5 Å². The van der Waals surface area contributed by atoms with Gasteiger partial charge in [-0.25, -0.2) is 0 Å². The Morgan fingerprint density at radius 3 is 2.62 bits per heavy atom. The average molecular weight is 178 g/mol. The predicted octanol–water partition coefficient (Wildman–Crippen LogP) is 1.69. The normalized spacial score (nSPS) is 12.8. The molecule has 2 heteroatoms. The van der Waals surface area contributed by atoms with Crippen LogP contribution >= 0.6 is 0 Å². The third-order valence-corrected chi connectivity index (χ3v) is 2.13. The molecule has 13 heavy (non-hydrogen) atoms. The number of hydrogen-bond donors (Lipinski definition) is 2. The van der Waals surface area contributed by atoms with E-state index in [0.29, 0.717) is 6.04 Å². The van der Waals surface area contributed by atoms with Gasteiger partial charge in [-0.3, -0.25) is 0 Å². The number of rotatable bonds is 5. The molecule has 0 radical (unpaired) electrons. The molecule has 0 aliphatic heterocycles. The monoisotopic (exact) mass is 178 g/mol. The second kappa shape index (κ2) is 5.73. The topological polar surface area (TPSA) is 38.0 Å². The van der Waals surface area contributed by atoms with E-state index in [1.807, 2.05) is 6.07 Å². The molecule has 0 amide bonds. The van der Waals surface area contributed by atoms with E-state index in [2.05, 4.69) is 36.5 Å². The maximum Gasteiger partial charge on any atom is 0.0291 e. The van der Waals surface area contributed by atoms with E-state index in [1.165, 1.54) is 5.56 Å². The first-order chi connectivity index (χ1) is 6.34. The van der Waals surface area contributed by atoms with Crippen molar-refractivity contribution in [2.75, 3.05) is 13.1 Å². The van der Waals surface area contributed by atoms with Crippen LogP contribution in [0.15, 0.2) is 30.3 Å². The first-order valence-corrected chi connectivity index (χ1v) is 4.83. The molecule has 0 saturated heterocycles. The highest BCUT2D eigenvalue weighted by atomic mass is 14.9. The zero-order valence-electron chi connectivity index (χ0n) is 8.16. The lowest BCUT2D eigenvalue weighted by Crippen LogP contribution is -2.21. The van der Waals surface area contributed by atoms with Gasteiger partial charge in [0.2, 0.25) is 0 Å². The lowest BCUT2D eigenvalue weighted by Gasteiger charge is -2.13. The summed E-state index contributed by atoms with van der Waals surface area (Å²) < 4.78 is 0. The standard InChI is InChI=1S/C11H18N2/c1-10(13-9-5-8-12)11-6-3-2-4-7-11/h2-4,6-7,10,13H,5,8-9,12H2,1H3/t10-/m0/s1. The molecular formula is C11H18N2. The van der Waals surface area contributed by atoms with Gasteiger partial charge in [0, 0.05) is 6.04 Å². The first kappa shape index (κ1) is 10.2. The molecule has 1 aromatic carbocycles. The van der Waals surface area contributed by atoms with Gasteiger partial charge in [0.25, 0.3) is 0 Å². The van der Waals surface area contributed by atoms with Crippen LogP contribution in [-0.4, -0.2) is 13.1 Å². The van der Waals surface area contributed by atoms with Crippen molar-refractivity contribution in [1.82, 2.24) is 5.32 Å². The van der Waals surface area contributed by atoms with Crippen LogP contribution in [0.3, 0.4) is 0 Å². The Kier molecular flexibility index (Phi) is 4.50. The molecule has 0 spiro atoms. The summed E-state index contributed by atoms with van der Waals surface area (Å²) in [6.07, 6.45) is 1.04. The fourth-order valence-corrected chi connectivity index (χ4v) is 1.28. The average Bonchev–Trinajstić information content (AvgIpc) is 2.19. The van der Waals surface area contributed by atoms with Gasteiger partial charge in [-0.15, -0.1) is 0 Å². The SMILES string of the molecule is C[C@H](NCCCN)c1ccccc1. The third kappa shape index (κ3) is 3.57. The first-order valence-electron chi connectivity index (χ1n) is 4.83. The molecule has 2 nitrogen and oxygen atoms in total. The van der Waals surface area contributed by atoms with E-state index >= 15 is 0 Å². The molecule has 0 aliphatic rings. The van der Waals surface area contributed by atoms with E-state index in [4.69, 9.17) is 5.73 Å². The highest BCUT2D eigenvalue weighted by Gasteiger charge is 2.01. The van der Waals surface area contributed by atoms with E-state index in [1.54, 1.807) is 0 Å². The van der Waals surface area contributed by atoms with Gasteiger partial charge in [0.05, 0.1) is 0 Å². The summed E-state index contributed by atoms with van der Waals surface area (Å²) in [5, 5.41) is 3.42. The van der Waals surface area contributed by atoms with Crippen LogP contribution in [0.4, 0.5) is 0 Å². The molecule has 0 aromatic heterocycles. The Morgan fingerprint density at radius 2 is 2.00 bits per heavy atom. The lowest BCUT2D eigenvalue weighted by molar-refractivity contribution is 0.562. The van der Waals surface area contributed by atoms with Crippen molar-refractivity contribution in [3.63, 3.8) is 0 Å². The number of nitrogens with one attached hydrogen (secondary N) is 1. The second-order valence-electron chi connectivity index (χ2n) is 3.23. The van der Waals surface area contributed by atoms with Crippen LogP contribution in [0.2, 0.25) is 0 Å². The Morgan fingerprint density at radius 1 is 1.31 bits per heavy atom. The van der Waals surface area contributed by atoms with E-state index in [9.17, 15) is 0 Å². The Labute approximate surface area is 80.1 Å². The quantitative estimate of drug-likeness (QED) is 0.673. The Hall–Kier alpha value is -0.860. The van der Waals surface area contributed by atoms with Crippen LogP contribution in [0.25, 0.3) is 0 Å². The highest BCUT2D eigenvalue weighted by molar-refractivity contribution is 5.17. The van der Waals surface area contributed by atoms with Crippen molar-refractivity contribution in [1.29, 1.82) is 0 Å². The fraction of sp³-hybridized carbons (Fsp3) is 0.455. The zero-order chi connectivity index (χ0) is 9.52. The molecule has 72 valence electrons. The number of benzene rings is 1. The van der Waals surface area contributed by atoms with Crippen molar-refractivity contribution in [3.8, 4) is 0 Å². The molecule has 1 atom stereocenters. The number of nitrogens with two attached hydrogens (primary N) is 1. The Balaban J connectivity index is 2.35. The molecule has 0 unspecified atom stereocenters. The van der Waals surface area contributed by atoms with Crippen molar-refractivity contribution >= 4 is 0 Å². The van der Waals surface area contributed by atoms with Crippen LogP contribution in [0.5, 0.6) is 0 Å². The van der Waals surface area contributed by atoms with Crippen LogP contribution < -0.4 is 11.1 Å². The minimum atomic E-state index is 0.424. The minimum absolute atomic E-state index is 0.424. The Bertz CT molecular complexity index is 221. The van der Waals surface area contributed by atoms with Crippen LogP contribution in [0.1, 0.15) is 24.9 Å². The maximum absolute atomic E-state index is 5.41. The van der Waals surface area contributed by atoms with Gasteiger partial charge in [-0.1, -0.05) is 30.3 Å². The fourth-order valence-electron chi connectivity index (χ4n) is 1.28. The van der Waals surface area contributed by atoms with Crippen LogP contribution in [-0.2, 0) is 0 Å². The summed E-state index contributed by atoms with van der Waals surface area (Å²) in [5.41, 5.74) is 6.75. The van der Waals surface area contributed by atoms with Gasteiger partial charge in [-0.05, 0) is 32.0 Å². The summed E-state index contributed by atoms with van der Waals surface area (Å²) in [7, 11) is 0.